The number of hydrazone groups is 1. The third-order valence-electron chi connectivity index (χ3n) is 5.42. The summed E-state index contributed by atoms with van der Waals surface area (Å²) in [5.74, 6) is 1.18. The molecule has 0 aromatic heterocycles. The fraction of sp³-hybridized carbons (Fsp3) is 0.286. The zero-order valence-electron chi connectivity index (χ0n) is 22.2. The van der Waals surface area contributed by atoms with Crippen LogP contribution >= 0.6 is 0 Å². The van der Waals surface area contributed by atoms with E-state index in [0.717, 1.165) is 21.2 Å². The quantitative estimate of drug-likeness (QED) is 0.270. The lowest BCUT2D eigenvalue weighted by Gasteiger charge is -2.25. The lowest BCUT2D eigenvalue weighted by atomic mass is 10.2. The summed E-state index contributed by atoms with van der Waals surface area (Å²) >= 11 is 0. The Morgan fingerprint density at radius 3 is 2.24 bits per heavy atom. The Bertz CT molecular complexity index is 1350. The smallest absolute Gasteiger partial charge is 0.264 e. The number of amides is 1. The molecule has 0 aliphatic carbocycles. The van der Waals surface area contributed by atoms with Crippen LogP contribution in [0.25, 0.3) is 0 Å². The second kappa shape index (κ2) is 13.0. The van der Waals surface area contributed by atoms with Crippen LogP contribution in [0.3, 0.4) is 0 Å². The summed E-state index contributed by atoms with van der Waals surface area (Å²) in [6.45, 7) is 6.07. The zero-order valence-corrected chi connectivity index (χ0v) is 23.0. The average molecular weight is 540 g/mol. The fourth-order valence-electron chi connectivity index (χ4n) is 3.39. The Labute approximate surface area is 224 Å². The third kappa shape index (κ3) is 7.48. The Hall–Kier alpha value is -4.05. The Morgan fingerprint density at radius 1 is 0.974 bits per heavy atom. The summed E-state index contributed by atoms with van der Waals surface area (Å²) in [5.41, 5.74) is 4.20. The molecule has 0 aliphatic heterocycles. The topological polar surface area (TPSA) is 107 Å². The molecule has 202 valence electrons. The van der Waals surface area contributed by atoms with Gasteiger partial charge in [0.05, 0.1) is 37.6 Å². The van der Waals surface area contributed by atoms with Crippen molar-refractivity contribution < 1.29 is 27.4 Å². The molecule has 0 atom stereocenters. The van der Waals surface area contributed by atoms with Gasteiger partial charge >= 0.3 is 0 Å². The molecule has 0 unspecified atom stereocenters. The van der Waals surface area contributed by atoms with Gasteiger partial charge in [0.1, 0.15) is 23.8 Å². The standard InChI is InChI=1S/C28H33N3O6S/c1-20(2)19-37-23-10-8-22(9-11-23)17-29-30-28(32)18-31(26-16-24(35-4)12-15-27(26)36-5)38(33,34)25-13-6-21(3)7-14-25/h6-17,20H,18-19H2,1-5H3,(H,30,32)/b29-17-. The molecule has 0 saturated carbocycles. The van der Waals surface area contributed by atoms with E-state index < -0.39 is 22.5 Å². The van der Waals surface area contributed by atoms with Crippen LogP contribution in [-0.4, -0.2) is 47.9 Å². The summed E-state index contributed by atoms with van der Waals surface area (Å²) in [7, 11) is -1.26. The molecule has 1 amide bonds. The Kier molecular flexibility index (Phi) is 9.72. The number of hydrogen-bond donors (Lipinski definition) is 1. The highest BCUT2D eigenvalue weighted by Gasteiger charge is 2.30. The van der Waals surface area contributed by atoms with Crippen molar-refractivity contribution in [1.82, 2.24) is 5.43 Å². The molecule has 0 radical (unpaired) electrons. The fourth-order valence-corrected chi connectivity index (χ4v) is 4.81. The molecule has 0 heterocycles. The molecule has 0 aliphatic rings. The first-order chi connectivity index (χ1) is 18.1. The van der Waals surface area contributed by atoms with Gasteiger partial charge in [-0.3, -0.25) is 9.10 Å². The van der Waals surface area contributed by atoms with Gasteiger partial charge in [-0.05, 0) is 66.9 Å². The van der Waals surface area contributed by atoms with Gasteiger partial charge in [-0.15, -0.1) is 0 Å². The number of hydrogen-bond acceptors (Lipinski definition) is 7. The van der Waals surface area contributed by atoms with Crippen molar-refractivity contribution in [2.75, 3.05) is 31.7 Å². The monoisotopic (exact) mass is 539 g/mol. The number of anilines is 1. The van der Waals surface area contributed by atoms with E-state index in [1.807, 2.05) is 19.1 Å². The maximum Gasteiger partial charge on any atom is 0.264 e. The number of nitrogens with one attached hydrogen (secondary N) is 1. The van der Waals surface area contributed by atoms with Gasteiger partial charge in [0, 0.05) is 6.07 Å². The number of nitrogens with zero attached hydrogens (tertiary/aromatic N) is 2. The highest BCUT2D eigenvalue weighted by molar-refractivity contribution is 7.92. The lowest BCUT2D eigenvalue weighted by Crippen LogP contribution is -2.39. The molecule has 9 nitrogen and oxygen atoms in total. The maximum atomic E-state index is 13.7. The average Bonchev–Trinajstić information content (AvgIpc) is 2.91. The van der Waals surface area contributed by atoms with Crippen LogP contribution in [0.1, 0.15) is 25.0 Å². The van der Waals surface area contributed by atoms with Crippen molar-refractivity contribution in [1.29, 1.82) is 0 Å². The summed E-state index contributed by atoms with van der Waals surface area (Å²) in [4.78, 5) is 12.9. The number of carbonyl (C=O) groups is 1. The van der Waals surface area contributed by atoms with Crippen LogP contribution in [-0.2, 0) is 14.8 Å². The normalized spacial score (nSPS) is 11.4. The van der Waals surface area contributed by atoms with Crippen LogP contribution in [0.5, 0.6) is 17.2 Å². The summed E-state index contributed by atoms with van der Waals surface area (Å²) < 4.78 is 44.7. The van der Waals surface area contributed by atoms with E-state index in [-0.39, 0.29) is 16.3 Å². The van der Waals surface area contributed by atoms with Crippen molar-refractivity contribution in [2.24, 2.45) is 11.0 Å². The summed E-state index contributed by atoms with van der Waals surface area (Å²) in [6, 6.07) is 18.3. The molecule has 0 saturated heterocycles. The first-order valence-electron chi connectivity index (χ1n) is 12.0. The SMILES string of the molecule is COc1ccc(OC)c(N(CC(=O)N/N=C\c2ccc(OCC(C)C)cc2)S(=O)(=O)c2ccc(C)cc2)c1. The largest absolute Gasteiger partial charge is 0.497 e. The van der Waals surface area contributed by atoms with E-state index in [9.17, 15) is 13.2 Å². The van der Waals surface area contributed by atoms with Gasteiger partial charge in [0.15, 0.2) is 0 Å². The van der Waals surface area contributed by atoms with Gasteiger partial charge < -0.3 is 14.2 Å². The van der Waals surface area contributed by atoms with E-state index in [4.69, 9.17) is 14.2 Å². The van der Waals surface area contributed by atoms with Crippen LogP contribution in [0.15, 0.2) is 76.7 Å². The number of carbonyl (C=O) groups excluding carboxylic acids is 1. The van der Waals surface area contributed by atoms with Gasteiger partial charge in [-0.2, -0.15) is 5.10 Å². The molecule has 3 aromatic rings. The first-order valence-corrected chi connectivity index (χ1v) is 13.4. The molecule has 3 rings (SSSR count). The van der Waals surface area contributed by atoms with E-state index in [1.165, 1.54) is 38.6 Å². The van der Waals surface area contributed by atoms with Crippen molar-refractivity contribution in [3.8, 4) is 17.2 Å². The second-order valence-corrected chi connectivity index (χ2v) is 10.8. The number of ether oxygens (including phenoxy) is 3. The van der Waals surface area contributed by atoms with Crippen LogP contribution in [0.2, 0.25) is 0 Å². The maximum absolute atomic E-state index is 13.7. The third-order valence-corrected chi connectivity index (χ3v) is 7.19. The number of benzene rings is 3. The molecule has 0 spiro atoms. The van der Waals surface area contributed by atoms with Gasteiger partial charge in [0.25, 0.3) is 15.9 Å². The predicted molar refractivity (Wildman–Crippen MR) is 148 cm³/mol. The molecule has 1 N–H and O–H groups in total. The Balaban J connectivity index is 1.83. The zero-order chi connectivity index (χ0) is 27.7. The number of methoxy groups -OCH3 is 2. The molecule has 38 heavy (non-hydrogen) atoms. The van der Waals surface area contributed by atoms with Gasteiger partial charge in [-0.1, -0.05) is 31.5 Å². The van der Waals surface area contributed by atoms with Gasteiger partial charge in [-0.25, -0.2) is 13.8 Å². The molecular weight excluding hydrogens is 506 g/mol. The van der Waals surface area contributed by atoms with Crippen molar-refractivity contribution in [3.63, 3.8) is 0 Å². The predicted octanol–water partition coefficient (Wildman–Crippen LogP) is 4.39. The lowest BCUT2D eigenvalue weighted by molar-refractivity contribution is -0.119. The van der Waals surface area contributed by atoms with E-state index >= 15 is 0 Å². The van der Waals surface area contributed by atoms with Crippen LogP contribution < -0.4 is 23.9 Å². The van der Waals surface area contributed by atoms with E-state index in [1.54, 1.807) is 36.4 Å². The molecule has 0 bridgehead atoms. The van der Waals surface area contributed by atoms with Crippen LogP contribution in [0.4, 0.5) is 5.69 Å². The molecule has 3 aromatic carbocycles. The number of aryl methyl sites for hydroxylation is 1. The van der Waals surface area contributed by atoms with E-state index in [0.29, 0.717) is 18.3 Å². The Morgan fingerprint density at radius 2 is 1.63 bits per heavy atom. The minimum Gasteiger partial charge on any atom is -0.497 e. The van der Waals surface area contributed by atoms with Crippen molar-refractivity contribution in [2.45, 2.75) is 25.7 Å². The van der Waals surface area contributed by atoms with Crippen molar-refractivity contribution in [3.05, 3.63) is 77.9 Å². The second-order valence-electron chi connectivity index (χ2n) is 8.93. The molecular formula is C28H33N3O6S. The molecule has 0 fully saturated rings. The minimum atomic E-state index is -4.15. The number of sulfonamides is 1. The minimum absolute atomic E-state index is 0.0315. The summed E-state index contributed by atoms with van der Waals surface area (Å²) in [5, 5.41) is 3.99. The first kappa shape index (κ1) is 28.5. The van der Waals surface area contributed by atoms with E-state index in [2.05, 4.69) is 24.4 Å². The van der Waals surface area contributed by atoms with Gasteiger partial charge in [0.2, 0.25) is 0 Å². The molecule has 10 heteroatoms. The number of rotatable bonds is 12. The van der Waals surface area contributed by atoms with Crippen molar-refractivity contribution >= 4 is 27.8 Å². The highest BCUT2D eigenvalue weighted by Crippen LogP contribution is 2.35. The van der Waals surface area contributed by atoms with Crippen LogP contribution in [0, 0.1) is 12.8 Å². The summed E-state index contributed by atoms with van der Waals surface area (Å²) in [6.07, 6.45) is 1.47. The highest BCUT2D eigenvalue weighted by atomic mass is 32.2.